The van der Waals surface area contributed by atoms with Gasteiger partial charge in [-0.15, -0.1) is 11.8 Å². The molecule has 1 rings (SSSR count). The predicted molar refractivity (Wildman–Crippen MR) is 55.2 cm³/mol. The normalized spacial score (nSPS) is 12.5. The molecule has 70 valence electrons. The van der Waals surface area contributed by atoms with Gasteiger partial charge in [-0.1, -0.05) is 12.1 Å². The minimum absolute atomic E-state index is 0.184. The summed E-state index contributed by atoms with van der Waals surface area (Å²) in [5.74, 6) is 0. The maximum Gasteiger partial charge on any atom is 0.108 e. The van der Waals surface area contributed by atoms with Crippen LogP contribution in [0.15, 0.2) is 34.3 Å². The highest BCUT2D eigenvalue weighted by atomic mass is 32.2. The van der Waals surface area contributed by atoms with Gasteiger partial charge in [0, 0.05) is 11.4 Å². The Balaban J connectivity index is 2.83. The van der Waals surface area contributed by atoms with Crippen molar-refractivity contribution < 1.29 is 0 Å². The van der Waals surface area contributed by atoms with E-state index in [1.165, 1.54) is 4.90 Å². The molecule has 0 radical (unpaired) electrons. The smallest absolute Gasteiger partial charge is 0.108 e. The van der Waals surface area contributed by atoms with Crippen molar-refractivity contribution in [3.8, 4) is 0 Å². The summed E-state index contributed by atoms with van der Waals surface area (Å²) in [5.41, 5.74) is 13.4. The van der Waals surface area contributed by atoms with Crippen molar-refractivity contribution in [2.24, 2.45) is 10.8 Å². The molecule has 0 aliphatic carbocycles. The van der Waals surface area contributed by atoms with Crippen molar-refractivity contribution in [1.29, 1.82) is 5.53 Å². The van der Waals surface area contributed by atoms with Crippen LogP contribution in [-0.4, -0.2) is 12.8 Å². The molecule has 13 heavy (non-hydrogen) atoms. The molecule has 0 saturated carbocycles. The molecular formula is C9H13N3S. The maximum atomic E-state index is 6.94. The van der Waals surface area contributed by atoms with E-state index in [9.17, 15) is 0 Å². The van der Waals surface area contributed by atoms with E-state index in [2.05, 4.69) is 5.11 Å². The number of rotatable bonds is 4. The van der Waals surface area contributed by atoms with Gasteiger partial charge in [-0.05, 0) is 24.0 Å². The summed E-state index contributed by atoms with van der Waals surface area (Å²) >= 11 is 1.70. The SMILES string of the molecule is CSc1ccc(C(CN)N=N)cc1. The van der Waals surface area contributed by atoms with Crippen LogP contribution >= 0.6 is 11.8 Å². The second kappa shape index (κ2) is 4.99. The Hall–Kier alpha value is -0.870. The number of nitrogens with one attached hydrogen (secondary N) is 1. The summed E-state index contributed by atoms with van der Waals surface area (Å²) in [6.07, 6.45) is 2.03. The molecule has 0 aliphatic heterocycles. The van der Waals surface area contributed by atoms with E-state index in [-0.39, 0.29) is 6.04 Å². The van der Waals surface area contributed by atoms with Crippen LogP contribution in [0.4, 0.5) is 0 Å². The predicted octanol–water partition coefficient (Wildman–Crippen LogP) is 2.44. The lowest BCUT2D eigenvalue weighted by Gasteiger charge is -2.07. The summed E-state index contributed by atoms with van der Waals surface area (Å²) in [6, 6.07) is 7.81. The van der Waals surface area contributed by atoms with Crippen molar-refractivity contribution in [2.75, 3.05) is 12.8 Å². The van der Waals surface area contributed by atoms with E-state index in [0.717, 1.165) is 5.56 Å². The zero-order valence-corrected chi connectivity index (χ0v) is 8.34. The van der Waals surface area contributed by atoms with Crippen LogP contribution in [0.5, 0.6) is 0 Å². The van der Waals surface area contributed by atoms with Gasteiger partial charge in [0.1, 0.15) is 6.04 Å². The van der Waals surface area contributed by atoms with E-state index in [1.807, 2.05) is 30.5 Å². The van der Waals surface area contributed by atoms with Gasteiger partial charge in [-0.3, -0.25) is 0 Å². The molecule has 3 N–H and O–H groups in total. The number of benzene rings is 1. The molecule has 4 heteroatoms. The summed E-state index contributed by atoms with van der Waals surface area (Å²) in [5, 5.41) is 3.45. The molecule has 3 nitrogen and oxygen atoms in total. The van der Waals surface area contributed by atoms with Crippen LogP contribution in [0, 0.1) is 5.53 Å². The zero-order valence-electron chi connectivity index (χ0n) is 7.53. The molecule has 0 amide bonds. The fourth-order valence-corrected chi connectivity index (χ4v) is 1.50. The first-order chi connectivity index (χ1) is 6.31. The lowest BCUT2D eigenvalue weighted by atomic mass is 10.1. The fourth-order valence-electron chi connectivity index (χ4n) is 1.09. The van der Waals surface area contributed by atoms with Crippen LogP contribution in [0.1, 0.15) is 11.6 Å². The summed E-state index contributed by atoms with van der Waals surface area (Å²) in [7, 11) is 0. The van der Waals surface area contributed by atoms with Crippen LogP contribution in [0.3, 0.4) is 0 Å². The van der Waals surface area contributed by atoms with Gasteiger partial charge in [0.2, 0.25) is 0 Å². The Morgan fingerprint density at radius 1 is 1.46 bits per heavy atom. The highest BCUT2D eigenvalue weighted by molar-refractivity contribution is 7.98. The van der Waals surface area contributed by atoms with Gasteiger partial charge in [-0.2, -0.15) is 5.11 Å². The highest BCUT2D eigenvalue weighted by Crippen LogP contribution is 2.20. The minimum Gasteiger partial charge on any atom is -0.328 e. The monoisotopic (exact) mass is 195 g/mol. The average molecular weight is 195 g/mol. The van der Waals surface area contributed by atoms with E-state index < -0.39 is 0 Å². The van der Waals surface area contributed by atoms with Crippen LogP contribution < -0.4 is 5.73 Å². The quantitative estimate of drug-likeness (QED) is 0.572. The van der Waals surface area contributed by atoms with Crippen molar-refractivity contribution in [1.82, 2.24) is 0 Å². The third-order valence-corrected chi connectivity index (χ3v) is 2.62. The molecule has 1 aromatic rings. The van der Waals surface area contributed by atoms with E-state index in [1.54, 1.807) is 11.8 Å². The van der Waals surface area contributed by atoms with Crippen molar-refractivity contribution in [2.45, 2.75) is 10.9 Å². The third-order valence-electron chi connectivity index (χ3n) is 1.88. The first-order valence-corrected chi connectivity index (χ1v) is 5.25. The molecule has 0 aromatic heterocycles. The second-order valence-electron chi connectivity index (χ2n) is 2.65. The first kappa shape index (κ1) is 10.2. The maximum absolute atomic E-state index is 6.94. The lowest BCUT2D eigenvalue weighted by molar-refractivity contribution is 0.676. The topological polar surface area (TPSA) is 62.2 Å². The Bertz CT molecular complexity index is 271. The van der Waals surface area contributed by atoms with E-state index >= 15 is 0 Å². The number of nitrogens with two attached hydrogens (primary N) is 1. The molecule has 0 spiro atoms. The number of hydrogen-bond acceptors (Lipinski definition) is 4. The van der Waals surface area contributed by atoms with Gasteiger partial charge in [0.15, 0.2) is 0 Å². The summed E-state index contributed by atoms with van der Waals surface area (Å²) in [4.78, 5) is 1.21. The van der Waals surface area contributed by atoms with Crippen molar-refractivity contribution >= 4 is 11.8 Å². The zero-order chi connectivity index (χ0) is 9.68. The third kappa shape index (κ3) is 2.54. The highest BCUT2D eigenvalue weighted by Gasteiger charge is 2.06. The van der Waals surface area contributed by atoms with Gasteiger partial charge in [-0.25, -0.2) is 5.53 Å². The molecule has 0 fully saturated rings. The second-order valence-corrected chi connectivity index (χ2v) is 3.53. The molecule has 1 aromatic carbocycles. The Morgan fingerprint density at radius 2 is 2.08 bits per heavy atom. The van der Waals surface area contributed by atoms with Crippen LogP contribution in [0.2, 0.25) is 0 Å². The van der Waals surface area contributed by atoms with Gasteiger partial charge in [0.05, 0.1) is 0 Å². The molecule has 0 saturated heterocycles. The van der Waals surface area contributed by atoms with Gasteiger partial charge in [0.25, 0.3) is 0 Å². The van der Waals surface area contributed by atoms with Gasteiger partial charge < -0.3 is 5.73 Å². The van der Waals surface area contributed by atoms with Crippen molar-refractivity contribution in [3.63, 3.8) is 0 Å². The van der Waals surface area contributed by atoms with E-state index in [4.69, 9.17) is 11.3 Å². The van der Waals surface area contributed by atoms with Crippen molar-refractivity contribution in [3.05, 3.63) is 29.8 Å². The van der Waals surface area contributed by atoms with Gasteiger partial charge >= 0.3 is 0 Å². The van der Waals surface area contributed by atoms with Crippen LogP contribution in [0.25, 0.3) is 0 Å². The number of thioether (sulfide) groups is 1. The Kier molecular flexibility index (Phi) is 3.92. The average Bonchev–Trinajstić information content (AvgIpc) is 2.21. The van der Waals surface area contributed by atoms with Crippen LogP contribution in [-0.2, 0) is 0 Å². The molecule has 0 heterocycles. The molecular weight excluding hydrogens is 182 g/mol. The largest absolute Gasteiger partial charge is 0.328 e. The Morgan fingerprint density at radius 3 is 2.46 bits per heavy atom. The minimum atomic E-state index is -0.184. The number of nitrogens with zero attached hydrogens (tertiary/aromatic N) is 1. The molecule has 1 atom stereocenters. The number of hydrogen-bond donors (Lipinski definition) is 2. The summed E-state index contributed by atoms with van der Waals surface area (Å²) < 4.78 is 0. The molecule has 0 aliphatic rings. The Labute approximate surface area is 82.2 Å². The van der Waals surface area contributed by atoms with E-state index in [0.29, 0.717) is 6.54 Å². The fraction of sp³-hybridized carbons (Fsp3) is 0.333. The molecule has 1 unspecified atom stereocenters. The molecule has 0 bridgehead atoms. The summed E-state index contributed by atoms with van der Waals surface area (Å²) in [6.45, 7) is 0.391. The first-order valence-electron chi connectivity index (χ1n) is 4.02. The standard InChI is InChI=1S/C9H13N3S/c1-13-8-4-2-7(3-5-8)9(6-10)12-11/h2-5,9,11H,6,10H2,1H3. The lowest BCUT2D eigenvalue weighted by Crippen LogP contribution is -2.09.